The fourth-order valence-electron chi connectivity index (χ4n) is 5.72. The van der Waals surface area contributed by atoms with Crippen molar-refractivity contribution in [3.8, 4) is 67.5 Å². The summed E-state index contributed by atoms with van der Waals surface area (Å²) in [7, 11) is 0. The quantitative estimate of drug-likeness (QED) is 0.179. The number of hydrogen-bond donors (Lipinski definition) is 0. The maximum Gasteiger partial charge on any atom is 0.164 e. The summed E-state index contributed by atoms with van der Waals surface area (Å²) in [5, 5.41) is -0.0312. The van der Waals surface area contributed by atoms with Gasteiger partial charge in [-0.15, -0.1) is 11.3 Å². The Labute approximate surface area is 304 Å². The molecule has 0 saturated heterocycles. The molecule has 0 fully saturated rings. The number of benzene rings is 7. The van der Waals surface area contributed by atoms with E-state index in [-0.39, 0.29) is 60.4 Å². The molecule has 9 rings (SSSR count). The van der Waals surface area contributed by atoms with Gasteiger partial charge in [0.1, 0.15) is 0 Å². The summed E-state index contributed by atoms with van der Waals surface area (Å²) < 4.78 is 97.3. The first-order valence-corrected chi connectivity index (χ1v) is 16.3. The average molecular weight is 655 g/mol. The third kappa shape index (κ3) is 5.58. The van der Waals surface area contributed by atoms with Crippen LogP contribution < -0.4 is 0 Å². The minimum atomic E-state index is -0.596. The van der Waals surface area contributed by atoms with Gasteiger partial charge in [0.2, 0.25) is 0 Å². The molecule has 2 aromatic heterocycles. The maximum absolute atomic E-state index is 9.58. The van der Waals surface area contributed by atoms with E-state index in [1.54, 1.807) is 12.1 Å². The van der Waals surface area contributed by atoms with E-state index in [9.17, 15) is 1.37 Å². The second-order valence-electron chi connectivity index (χ2n) is 11.2. The van der Waals surface area contributed by atoms with Crippen molar-refractivity contribution < 1.29 is 15.1 Å². The van der Waals surface area contributed by atoms with Gasteiger partial charge >= 0.3 is 0 Å². The highest BCUT2D eigenvalue weighted by Crippen LogP contribution is 2.40. The summed E-state index contributed by atoms with van der Waals surface area (Å²) in [5.41, 5.74) is 4.70. The van der Waals surface area contributed by atoms with Crippen molar-refractivity contribution in [1.29, 1.82) is 0 Å². The van der Waals surface area contributed by atoms with E-state index in [0.717, 1.165) is 33.6 Å². The molecule has 0 N–H and O–H groups in total. The summed E-state index contributed by atoms with van der Waals surface area (Å²) in [6.45, 7) is 0. The Morgan fingerprint density at radius 1 is 0.388 bits per heavy atom. The van der Waals surface area contributed by atoms with Crippen LogP contribution in [0.5, 0.6) is 0 Å². The first-order chi connectivity index (χ1) is 28.8. The van der Waals surface area contributed by atoms with E-state index in [1.807, 2.05) is 60.7 Å². The highest BCUT2D eigenvalue weighted by atomic mass is 32.1. The van der Waals surface area contributed by atoms with Gasteiger partial charge in [-0.1, -0.05) is 164 Å². The molecular weight excluding hydrogens is 615 g/mol. The third-order valence-electron chi connectivity index (χ3n) is 8.17. The molecule has 230 valence electrons. The zero-order valence-electron chi connectivity index (χ0n) is 36.6. The molecule has 2 heterocycles. The smallest absolute Gasteiger partial charge is 0.164 e. The Balaban J connectivity index is 1.23. The Bertz CT molecular complexity index is 3200. The van der Waals surface area contributed by atoms with E-state index in [1.165, 1.54) is 0 Å². The largest absolute Gasteiger partial charge is 0.208 e. The molecule has 4 heteroatoms. The number of hydrogen-bond acceptors (Lipinski definition) is 4. The average Bonchev–Trinajstić information content (AvgIpc) is 3.69. The molecule has 0 atom stereocenters. The predicted octanol–water partition coefficient (Wildman–Crippen LogP) is 12.2. The minimum absolute atomic E-state index is 0.00734. The lowest BCUT2D eigenvalue weighted by Gasteiger charge is -2.11. The lowest BCUT2D eigenvalue weighted by Crippen LogP contribution is -2.00. The highest BCUT2D eigenvalue weighted by Gasteiger charge is 2.15. The molecular formula is C45H29N3S. The fourth-order valence-corrected chi connectivity index (χ4v) is 6.79. The minimum Gasteiger partial charge on any atom is -0.208 e. The van der Waals surface area contributed by atoms with Crippen LogP contribution in [0.3, 0.4) is 0 Å². The second-order valence-corrected chi connectivity index (χ2v) is 12.2. The second kappa shape index (κ2) is 12.4. The van der Waals surface area contributed by atoms with E-state index >= 15 is 0 Å². The van der Waals surface area contributed by atoms with Crippen LogP contribution in [0.4, 0.5) is 0 Å². The standard InChI is InChI=1S/C45H29N3S/c1-3-11-30(12-4-1)31-21-23-32(24-22-31)33-25-27-35(28-26-33)44-46-43(34-13-5-2-6-14-34)47-45(48-44)37-16-9-15-36(29-37)38-18-10-19-40-39-17-7-8-20-41(39)49-42(38)40/h1-29H/i7D,8D,9D,10D,15D,16D,17D,18D,19D,20D,29D. The van der Waals surface area contributed by atoms with Crippen LogP contribution in [-0.4, -0.2) is 15.0 Å². The van der Waals surface area contributed by atoms with Gasteiger partial charge in [0.25, 0.3) is 0 Å². The lowest BCUT2D eigenvalue weighted by atomic mass is 9.99. The summed E-state index contributed by atoms with van der Waals surface area (Å²) in [4.78, 5) is 14.3. The molecule has 0 amide bonds. The highest BCUT2D eigenvalue weighted by molar-refractivity contribution is 7.26. The molecule has 9 aromatic rings. The van der Waals surface area contributed by atoms with Gasteiger partial charge < -0.3 is 0 Å². The van der Waals surface area contributed by atoms with Crippen molar-refractivity contribution >= 4 is 31.5 Å². The van der Waals surface area contributed by atoms with Gasteiger partial charge in [-0.05, 0) is 45.5 Å². The van der Waals surface area contributed by atoms with E-state index in [0.29, 0.717) is 11.1 Å². The molecule has 0 saturated carbocycles. The van der Waals surface area contributed by atoms with Gasteiger partial charge in [-0.3, -0.25) is 0 Å². The first kappa shape index (κ1) is 19.6. The monoisotopic (exact) mass is 654 g/mol. The van der Waals surface area contributed by atoms with Crippen molar-refractivity contribution in [3.63, 3.8) is 0 Å². The molecule has 0 aliphatic heterocycles. The fraction of sp³-hybridized carbons (Fsp3) is 0. The molecule has 3 nitrogen and oxygen atoms in total. The zero-order valence-corrected chi connectivity index (χ0v) is 26.5. The maximum atomic E-state index is 9.58. The number of aromatic nitrogens is 3. The Hall–Kier alpha value is -6.23. The SMILES string of the molecule is [2H]c1c([2H])c(-c2nc(-c3ccccc3)nc(-c3ccc(-c4ccc(-c5ccccc5)cc4)cc3)n2)c([2H])c(-c2c([2H])c([2H])c([2H])c3c2sc2c([2H])c([2H])c([2H])c([2H])c23)c1[2H]. The van der Waals surface area contributed by atoms with Crippen molar-refractivity contribution in [1.82, 2.24) is 15.0 Å². The number of rotatable bonds is 6. The van der Waals surface area contributed by atoms with E-state index in [2.05, 4.69) is 36.4 Å². The topological polar surface area (TPSA) is 38.7 Å². The van der Waals surface area contributed by atoms with Gasteiger partial charge in [0, 0.05) is 36.9 Å². The van der Waals surface area contributed by atoms with Gasteiger partial charge in [-0.2, -0.15) is 0 Å². The summed E-state index contributed by atoms with van der Waals surface area (Å²) in [6, 6.07) is 29.5. The third-order valence-corrected chi connectivity index (χ3v) is 9.29. The Morgan fingerprint density at radius 3 is 1.51 bits per heavy atom. The number of thiophene rings is 1. The van der Waals surface area contributed by atoms with Gasteiger partial charge in [0.05, 0.1) is 15.1 Å². The zero-order chi connectivity index (χ0) is 42.1. The predicted molar refractivity (Wildman–Crippen MR) is 205 cm³/mol. The van der Waals surface area contributed by atoms with Crippen molar-refractivity contribution in [2.24, 2.45) is 0 Å². The van der Waals surface area contributed by atoms with Crippen LogP contribution in [0.15, 0.2) is 176 Å². The van der Waals surface area contributed by atoms with Crippen molar-refractivity contribution in [2.75, 3.05) is 0 Å². The summed E-state index contributed by atoms with van der Waals surface area (Å²) in [6.07, 6.45) is 0. The van der Waals surface area contributed by atoms with Crippen LogP contribution in [0.2, 0.25) is 0 Å². The van der Waals surface area contributed by atoms with E-state index in [4.69, 9.17) is 28.7 Å². The molecule has 0 radical (unpaired) electrons. The summed E-state index contributed by atoms with van der Waals surface area (Å²) in [5.74, 6) is 0.308. The molecule has 7 aromatic carbocycles. The number of nitrogens with zero attached hydrogens (tertiary/aromatic N) is 3. The molecule has 0 aliphatic carbocycles. The Morgan fingerprint density at radius 2 is 0.857 bits per heavy atom. The Kier molecular flexibility index (Phi) is 4.96. The normalized spacial score (nSPS) is 14.4. The molecule has 0 aliphatic rings. The molecule has 0 bridgehead atoms. The molecule has 49 heavy (non-hydrogen) atoms. The van der Waals surface area contributed by atoms with Crippen LogP contribution >= 0.6 is 11.3 Å². The van der Waals surface area contributed by atoms with Crippen molar-refractivity contribution in [3.05, 3.63) is 176 Å². The van der Waals surface area contributed by atoms with Crippen LogP contribution in [0, 0.1) is 0 Å². The molecule has 0 spiro atoms. The van der Waals surface area contributed by atoms with Crippen LogP contribution in [0.25, 0.3) is 87.7 Å². The molecule has 0 unspecified atom stereocenters. The van der Waals surface area contributed by atoms with Gasteiger partial charge in [-0.25, -0.2) is 15.0 Å². The first-order valence-electron chi connectivity index (χ1n) is 21.0. The number of fused-ring (bicyclic) bond motifs is 3. The lowest BCUT2D eigenvalue weighted by molar-refractivity contribution is 1.07. The van der Waals surface area contributed by atoms with Crippen LogP contribution in [0.1, 0.15) is 15.1 Å². The van der Waals surface area contributed by atoms with E-state index < -0.39 is 60.4 Å². The van der Waals surface area contributed by atoms with Gasteiger partial charge in [0.15, 0.2) is 17.5 Å². The summed E-state index contributed by atoms with van der Waals surface area (Å²) >= 11 is 0.861. The van der Waals surface area contributed by atoms with Crippen LogP contribution in [-0.2, 0) is 0 Å². The van der Waals surface area contributed by atoms with Crippen molar-refractivity contribution in [2.45, 2.75) is 0 Å².